The van der Waals surface area contributed by atoms with Gasteiger partial charge in [0, 0.05) is 38.1 Å². The molecule has 1 atom stereocenters. The molecule has 1 unspecified atom stereocenters. The summed E-state index contributed by atoms with van der Waals surface area (Å²) < 4.78 is 5.30. The van der Waals surface area contributed by atoms with Gasteiger partial charge in [-0.25, -0.2) is 0 Å². The molecule has 6 heteroatoms. The Hall–Kier alpha value is -2.89. The van der Waals surface area contributed by atoms with Crippen LogP contribution in [0.1, 0.15) is 40.9 Å². The number of piperidine rings is 1. The lowest BCUT2D eigenvalue weighted by Gasteiger charge is -2.39. The first-order valence-electron chi connectivity index (χ1n) is 10.2. The Morgan fingerprint density at radius 1 is 1.21 bits per heavy atom. The first kappa shape index (κ1) is 19.4. The van der Waals surface area contributed by atoms with Crippen LogP contribution in [0.5, 0.6) is 5.75 Å². The van der Waals surface area contributed by atoms with Gasteiger partial charge in [0.1, 0.15) is 5.75 Å². The van der Waals surface area contributed by atoms with Gasteiger partial charge >= 0.3 is 0 Å². The quantitative estimate of drug-likeness (QED) is 0.801. The summed E-state index contributed by atoms with van der Waals surface area (Å²) >= 11 is 0. The van der Waals surface area contributed by atoms with Crippen molar-refractivity contribution >= 4 is 11.8 Å². The van der Waals surface area contributed by atoms with Crippen molar-refractivity contribution in [2.75, 3.05) is 26.7 Å². The van der Waals surface area contributed by atoms with Crippen LogP contribution in [0, 0.1) is 12.3 Å². The number of hydrogen-bond acceptors (Lipinski definition) is 4. The highest BCUT2D eigenvalue weighted by Crippen LogP contribution is 2.41. The number of rotatable bonds is 4. The van der Waals surface area contributed by atoms with Crippen molar-refractivity contribution in [3.05, 3.63) is 59.4 Å². The minimum Gasteiger partial charge on any atom is -0.497 e. The lowest BCUT2D eigenvalue weighted by atomic mass is 9.78. The zero-order valence-corrected chi connectivity index (χ0v) is 17.1. The monoisotopic (exact) mass is 393 g/mol. The van der Waals surface area contributed by atoms with Crippen LogP contribution >= 0.6 is 0 Å². The number of pyridine rings is 1. The van der Waals surface area contributed by atoms with E-state index in [4.69, 9.17) is 4.74 Å². The Labute approximate surface area is 171 Å². The number of benzene rings is 1. The molecular formula is C23H27N3O3. The first-order valence-corrected chi connectivity index (χ1v) is 10.2. The van der Waals surface area contributed by atoms with Crippen molar-refractivity contribution in [3.8, 4) is 5.75 Å². The van der Waals surface area contributed by atoms with Gasteiger partial charge in [0.2, 0.25) is 5.91 Å². The lowest BCUT2D eigenvalue weighted by Crippen LogP contribution is -2.50. The Bertz CT molecular complexity index is 929. The number of ether oxygens (including phenoxy) is 1. The molecule has 2 aromatic rings. The Morgan fingerprint density at radius 3 is 2.86 bits per heavy atom. The largest absolute Gasteiger partial charge is 0.497 e. The van der Waals surface area contributed by atoms with Crippen molar-refractivity contribution in [1.29, 1.82) is 0 Å². The molecule has 2 amide bonds. The maximum atomic E-state index is 13.4. The van der Waals surface area contributed by atoms with Gasteiger partial charge in [-0.15, -0.1) is 0 Å². The van der Waals surface area contributed by atoms with Gasteiger partial charge in [0.15, 0.2) is 0 Å². The van der Waals surface area contributed by atoms with Crippen LogP contribution in [-0.4, -0.2) is 53.3 Å². The van der Waals surface area contributed by atoms with E-state index in [9.17, 15) is 9.59 Å². The van der Waals surface area contributed by atoms with Gasteiger partial charge in [-0.05, 0) is 56.0 Å². The second-order valence-electron chi connectivity index (χ2n) is 8.08. The maximum absolute atomic E-state index is 13.4. The fraction of sp³-hybridized carbons (Fsp3) is 0.435. The zero-order valence-electron chi connectivity index (χ0n) is 17.1. The summed E-state index contributed by atoms with van der Waals surface area (Å²) in [4.78, 5) is 34.4. The van der Waals surface area contributed by atoms with E-state index < -0.39 is 5.41 Å². The molecule has 0 saturated carbocycles. The number of aromatic nitrogens is 1. The van der Waals surface area contributed by atoms with E-state index in [2.05, 4.69) is 4.98 Å². The van der Waals surface area contributed by atoms with E-state index >= 15 is 0 Å². The van der Waals surface area contributed by atoms with E-state index in [1.165, 1.54) is 0 Å². The van der Waals surface area contributed by atoms with Crippen molar-refractivity contribution in [2.45, 2.75) is 32.7 Å². The molecule has 2 fully saturated rings. The average molecular weight is 393 g/mol. The Balaban J connectivity index is 1.49. The van der Waals surface area contributed by atoms with E-state index in [1.807, 2.05) is 47.1 Å². The van der Waals surface area contributed by atoms with E-state index in [0.717, 1.165) is 42.8 Å². The lowest BCUT2D eigenvalue weighted by molar-refractivity contribution is -0.146. The third kappa shape index (κ3) is 3.71. The maximum Gasteiger partial charge on any atom is 0.255 e. The summed E-state index contributed by atoms with van der Waals surface area (Å²) in [5.41, 5.74) is 1.96. The van der Waals surface area contributed by atoms with Gasteiger partial charge in [0.25, 0.3) is 5.91 Å². The van der Waals surface area contributed by atoms with Crippen LogP contribution in [0.15, 0.2) is 42.6 Å². The molecule has 2 saturated heterocycles. The molecule has 2 aliphatic heterocycles. The third-order valence-electron chi connectivity index (χ3n) is 6.21. The standard InChI is InChI=1S/C23H27N3O3/c1-17-20(8-4-11-24-17)21(27)26-13-10-23(16-26)9-5-12-25(22(23)28)15-18-6-3-7-19(14-18)29-2/h3-4,6-8,11,14H,5,9-10,12-13,15-16H2,1-2H3. The van der Waals surface area contributed by atoms with Crippen molar-refractivity contribution < 1.29 is 14.3 Å². The highest BCUT2D eigenvalue weighted by molar-refractivity contribution is 5.96. The zero-order chi connectivity index (χ0) is 20.4. The van der Waals surface area contributed by atoms with Crippen LogP contribution < -0.4 is 4.74 Å². The predicted octanol–water partition coefficient (Wildman–Crippen LogP) is 3.05. The Morgan fingerprint density at radius 2 is 2.07 bits per heavy atom. The normalized spacial score (nSPS) is 21.7. The highest BCUT2D eigenvalue weighted by Gasteiger charge is 2.49. The third-order valence-corrected chi connectivity index (χ3v) is 6.21. The van der Waals surface area contributed by atoms with Crippen molar-refractivity contribution in [1.82, 2.24) is 14.8 Å². The molecule has 1 aromatic heterocycles. The summed E-state index contributed by atoms with van der Waals surface area (Å²) in [7, 11) is 1.65. The minimum atomic E-state index is -0.455. The fourth-order valence-corrected chi connectivity index (χ4v) is 4.60. The van der Waals surface area contributed by atoms with Gasteiger partial charge in [0.05, 0.1) is 18.1 Å². The number of carbonyl (C=O) groups excluding carboxylic acids is 2. The van der Waals surface area contributed by atoms with Crippen molar-refractivity contribution in [2.24, 2.45) is 5.41 Å². The highest BCUT2D eigenvalue weighted by atomic mass is 16.5. The molecule has 4 rings (SSSR count). The minimum absolute atomic E-state index is 0.0230. The predicted molar refractivity (Wildman–Crippen MR) is 110 cm³/mol. The van der Waals surface area contributed by atoms with Gasteiger partial charge < -0.3 is 14.5 Å². The number of hydrogen-bond donors (Lipinski definition) is 0. The molecule has 2 aliphatic rings. The summed E-state index contributed by atoms with van der Waals surface area (Å²) in [6.45, 7) is 4.29. The summed E-state index contributed by atoms with van der Waals surface area (Å²) in [5.74, 6) is 0.945. The van der Waals surface area contributed by atoms with Crippen LogP contribution in [0.25, 0.3) is 0 Å². The molecular weight excluding hydrogens is 366 g/mol. The summed E-state index contributed by atoms with van der Waals surface area (Å²) in [6, 6.07) is 11.5. The number of aryl methyl sites for hydroxylation is 1. The van der Waals surface area contributed by atoms with Crippen LogP contribution in [-0.2, 0) is 11.3 Å². The molecule has 3 heterocycles. The number of nitrogens with zero attached hydrogens (tertiary/aromatic N) is 3. The second-order valence-corrected chi connectivity index (χ2v) is 8.08. The Kier molecular flexibility index (Phi) is 5.26. The molecule has 1 spiro atoms. The SMILES string of the molecule is COc1cccc(CN2CCCC3(CCN(C(=O)c4cccnc4C)C3)C2=O)c1. The molecule has 29 heavy (non-hydrogen) atoms. The summed E-state index contributed by atoms with van der Waals surface area (Å²) in [6.07, 6.45) is 4.23. The van der Waals surface area contributed by atoms with E-state index in [0.29, 0.717) is 25.2 Å². The van der Waals surface area contributed by atoms with Crippen LogP contribution in [0.4, 0.5) is 0 Å². The topological polar surface area (TPSA) is 62.7 Å². The number of methoxy groups -OCH3 is 1. The van der Waals surface area contributed by atoms with Gasteiger partial charge in [-0.1, -0.05) is 12.1 Å². The van der Waals surface area contributed by atoms with Crippen LogP contribution in [0.3, 0.4) is 0 Å². The van der Waals surface area contributed by atoms with Gasteiger partial charge in [-0.3, -0.25) is 14.6 Å². The molecule has 0 aliphatic carbocycles. The second kappa shape index (κ2) is 7.85. The van der Waals surface area contributed by atoms with Crippen LogP contribution in [0.2, 0.25) is 0 Å². The first-order chi connectivity index (χ1) is 14.0. The summed E-state index contributed by atoms with van der Waals surface area (Å²) in [5, 5.41) is 0. The molecule has 6 nitrogen and oxygen atoms in total. The smallest absolute Gasteiger partial charge is 0.255 e. The molecule has 0 radical (unpaired) electrons. The number of amides is 2. The van der Waals surface area contributed by atoms with E-state index in [1.54, 1.807) is 19.4 Å². The molecule has 0 bridgehead atoms. The molecule has 152 valence electrons. The fourth-order valence-electron chi connectivity index (χ4n) is 4.60. The van der Waals surface area contributed by atoms with Gasteiger partial charge in [-0.2, -0.15) is 0 Å². The molecule has 0 N–H and O–H groups in total. The number of likely N-dealkylation sites (tertiary alicyclic amines) is 2. The van der Waals surface area contributed by atoms with Crippen molar-refractivity contribution in [3.63, 3.8) is 0 Å². The van der Waals surface area contributed by atoms with E-state index in [-0.39, 0.29) is 11.8 Å². The molecule has 1 aromatic carbocycles. The number of carbonyl (C=O) groups is 2. The average Bonchev–Trinajstić information content (AvgIpc) is 3.16.